The summed E-state index contributed by atoms with van der Waals surface area (Å²) in [6.45, 7) is 3.11. The van der Waals surface area contributed by atoms with Gasteiger partial charge < -0.3 is 16.0 Å². The molecule has 3 aromatic rings. The van der Waals surface area contributed by atoms with Crippen molar-refractivity contribution in [2.24, 2.45) is 0 Å². The highest BCUT2D eigenvalue weighted by atomic mass is 35.5. The van der Waals surface area contributed by atoms with E-state index in [1.165, 1.54) is 5.56 Å². The van der Waals surface area contributed by atoms with Gasteiger partial charge in [0.15, 0.2) is 0 Å². The summed E-state index contributed by atoms with van der Waals surface area (Å²) >= 11 is 12.0. The Kier molecular flexibility index (Phi) is 7.59. The van der Waals surface area contributed by atoms with E-state index in [9.17, 15) is 4.79 Å². The van der Waals surface area contributed by atoms with Crippen molar-refractivity contribution in [1.82, 2.24) is 19.9 Å². The molecular weight excluding hydrogens is 461 g/mol. The number of piperidine rings is 1. The molecule has 0 amide bonds. The number of nitrogens with one attached hydrogen (secondary N) is 4. The van der Waals surface area contributed by atoms with Crippen molar-refractivity contribution in [3.8, 4) is 0 Å². The first-order valence-corrected chi connectivity index (χ1v) is 11.5. The summed E-state index contributed by atoms with van der Waals surface area (Å²) in [5.74, 6) is 0.293. The van der Waals surface area contributed by atoms with Gasteiger partial charge in [0, 0.05) is 50.8 Å². The highest BCUT2D eigenvalue weighted by molar-refractivity contribution is 6.42. The Morgan fingerprint density at radius 3 is 2.70 bits per heavy atom. The van der Waals surface area contributed by atoms with Gasteiger partial charge in [0.2, 0.25) is 5.95 Å². The smallest absolute Gasteiger partial charge is 0.276 e. The lowest BCUT2D eigenvalue weighted by Crippen LogP contribution is -2.40. The van der Waals surface area contributed by atoms with Crippen LogP contribution >= 0.6 is 23.2 Å². The quantitative estimate of drug-likeness (QED) is 0.356. The number of benzene rings is 1. The zero-order valence-electron chi connectivity index (χ0n) is 17.9. The van der Waals surface area contributed by atoms with Crippen LogP contribution in [0.15, 0.2) is 47.5 Å². The van der Waals surface area contributed by atoms with Gasteiger partial charge in [0.25, 0.3) is 5.56 Å². The van der Waals surface area contributed by atoms with Crippen molar-refractivity contribution in [3.63, 3.8) is 0 Å². The van der Waals surface area contributed by atoms with E-state index < -0.39 is 0 Å². The fourth-order valence-electron chi connectivity index (χ4n) is 3.84. The molecule has 3 heterocycles. The zero-order valence-corrected chi connectivity index (χ0v) is 19.5. The highest BCUT2D eigenvalue weighted by Crippen LogP contribution is 2.23. The number of hydrogen-bond acceptors (Lipinski definition) is 7. The first kappa shape index (κ1) is 23.2. The largest absolute Gasteiger partial charge is 0.376 e. The van der Waals surface area contributed by atoms with Crippen LogP contribution in [0.3, 0.4) is 0 Å². The molecule has 33 heavy (non-hydrogen) atoms. The van der Waals surface area contributed by atoms with Crippen molar-refractivity contribution < 1.29 is 0 Å². The van der Waals surface area contributed by atoms with Gasteiger partial charge in [-0.05, 0) is 42.2 Å². The second-order valence-corrected chi connectivity index (χ2v) is 8.79. The lowest BCUT2D eigenvalue weighted by Gasteiger charge is -2.32. The molecule has 0 radical (unpaired) electrons. The van der Waals surface area contributed by atoms with Gasteiger partial charge in [-0.3, -0.25) is 19.7 Å². The predicted molar refractivity (Wildman–Crippen MR) is 133 cm³/mol. The summed E-state index contributed by atoms with van der Waals surface area (Å²) in [4.78, 5) is 26.5. The Labute approximate surface area is 201 Å². The Hall–Kier alpha value is -2.94. The van der Waals surface area contributed by atoms with Crippen molar-refractivity contribution in [2.75, 3.05) is 23.7 Å². The third-order valence-corrected chi connectivity index (χ3v) is 6.33. The van der Waals surface area contributed by atoms with Gasteiger partial charge >= 0.3 is 0 Å². The van der Waals surface area contributed by atoms with E-state index in [4.69, 9.17) is 28.6 Å². The van der Waals surface area contributed by atoms with Crippen LogP contribution in [0, 0.1) is 5.41 Å². The molecule has 0 aliphatic carbocycles. The number of halogens is 2. The molecular formula is C23H25Cl2N7O. The maximum Gasteiger partial charge on any atom is 0.276 e. The van der Waals surface area contributed by atoms with Crippen LogP contribution < -0.4 is 16.2 Å². The van der Waals surface area contributed by atoms with E-state index in [0.29, 0.717) is 33.9 Å². The van der Waals surface area contributed by atoms with E-state index in [0.717, 1.165) is 44.3 Å². The molecule has 1 aliphatic heterocycles. The molecule has 2 aromatic heterocycles. The maximum absolute atomic E-state index is 12.8. The molecule has 172 valence electrons. The zero-order chi connectivity index (χ0) is 23.2. The standard InChI is InChI=1S/C23H25Cl2N7O/c24-18-4-3-15(10-19(18)25)13-28-23-30-20(11-26)21(22(33)31-23)29-17-5-8-32(9-6-17)14-16-2-1-7-27-12-16/h1-4,7,10-12,17,26,29H,5-6,8-9,13-14H2,(H2,28,30,31,33). The SMILES string of the molecule is N=Cc1nc(NCc2ccc(Cl)c(Cl)c2)[nH]c(=O)c1NC1CCN(Cc2cccnc2)CC1. The van der Waals surface area contributed by atoms with Crippen LogP contribution in [-0.2, 0) is 13.1 Å². The molecule has 1 fully saturated rings. The van der Waals surface area contributed by atoms with Crippen LogP contribution in [-0.4, -0.2) is 45.2 Å². The fourth-order valence-corrected chi connectivity index (χ4v) is 4.16. The third-order valence-electron chi connectivity index (χ3n) is 5.59. The summed E-state index contributed by atoms with van der Waals surface area (Å²) in [5, 5.41) is 15.1. The summed E-state index contributed by atoms with van der Waals surface area (Å²) in [5.41, 5.74) is 2.41. The third kappa shape index (κ3) is 6.10. The van der Waals surface area contributed by atoms with Crippen LogP contribution in [0.25, 0.3) is 0 Å². The van der Waals surface area contributed by atoms with Crippen molar-refractivity contribution in [3.05, 3.63) is 79.9 Å². The molecule has 0 bridgehead atoms. The molecule has 4 N–H and O–H groups in total. The van der Waals surface area contributed by atoms with E-state index in [1.807, 2.05) is 18.3 Å². The van der Waals surface area contributed by atoms with E-state index in [2.05, 4.69) is 36.6 Å². The lowest BCUT2D eigenvalue weighted by molar-refractivity contribution is 0.211. The Balaban J connectivity index is 1.36. The van der Waals surface area contributed by atoms with Crippen LogP contribution in [0.2, 0.25) is 10.0 Å². The molecule has 10 heteroatoms. The second kappa shape index (κ2) is 10.8. The normalized spacial score (nSPS) is 14.7. The van der Waals surface area contributed by atoms with E-state index in [-0.39, 0.29) is 11.6 Å². The van der Waals surface area contributed by atoms with Gasteiger partial charge in [0.05, 0.1) is 10.0 Å². The van der Waals surface area contributed by atoms with E-state index >= 15 is 0 Å². The average Bonchev–Trinajstić information content (AvgIpc) is 2.83. The molecule has 1 aliphatic rings. The van der Waals surface area contributed by atoms with Crippen LogP contribution in [0.5, 0.6) is 0 Å². The first-order chi connectivity index (χ1) is 16.0. The molecule has 8 nitrogen and oxygen atoms in total. The summed E-state index contributed by atoms with van der Waals surface area (Å²) in [6.07, 6.45) is 6.56. The Morgan fingerprint density at radius 1 is 1.18 bits per heavy atom. The molecule has 1 aromatic carbocycles. The second-order valence-electron chi connectivity index (χ2n) is 7.98. The fraction of sp³-hybridized carbons (Fsp3) is 0.304. The number of aromatic nitrogens is 3. The number of pyridine rings is 1. The summed E-state index contributed by atoms with van der Waals surface area (Å²) in [6, 6.07) is 9.49. The number of rotatable bonds is 8. The van der Waals surface area contributed by atoms with Crippen molar-refractivity contribution in [1.29, 1.82) is 5.41 Å². The maximum atomic E-state index is 12.8. The highest BCUT2D eigenvalue weighted by Gasteiger charge is 2.21. The predicted octanol–water partition coefficient (Wildman–Crippen LogP) is 4.16. The molecule has 0 atom stereocenters. The molecule has 1 saturated heterocycles. The molecule has 0 spiro atoms. The topological polar surface area (TPSA) is 110 Å². The van der Waals surface area contributed by atoms with Gasteiger partial charge in [-0.15, -0.1) is 0 Å². The minimum atomic E-state index is -0.307. The average molecular weight is 486 g/mol. The number of nitrogens with zero attached hydrogens (tertiary/aromatic N) is 3. The van der Waals surface area contributed by atoms with Gasteiger partial charge in [-0.2, -0.15) is 0 Å². The number of aromatic amines is 1. The minimum Gasteiger partial charge on any atom is -0.376 e. The summed E-state index contributed by atoms with van der Waals surface area (Å²) < 4.78 is 0. The van der Waals surface area contributed by atoms with Crippen molar-refractivity contribution >= 4 is 41.1 Å². The van der Waals surface area contributed by atoms with Gasteiger partial charge in [-0.1, -0.05) is 35.3 Å². The Morgan fingerprint density at radius 2 is 2.00 bits per heavy atom. The van der Waals surface area contributed by atoms with E-state index in [1.54, 1.807) is 18.3 Å². The Bertz CT molecular complexity index is 1160. The number of hydrogen-bond donors (Lipinski definition) is 4. The minimum absolute atomic E-state index is 0.145. The number of anilines is 2. The number of H-pyrrole nitrogens is 1. The first-order valence-electron chi connectivity index (χ1n) is 10.7. The van der Waals surface area contributed by atoms with Crippen LogP contribution in [0.1, 0.15) is 29.7 Å². The molecule has 0 saturated carbocycles. The molecule has 4 rings (SSSR count). The summed E-state index contributed by atoms with van der Waals surface area (Å²) in [7, 11) is 0. The van der Waals surface area contributed by atoms with Gasteiger partial charge in [0.1, 0.15) is 11.4 Å². The van der Waals surface area contributed by atoms with Gasteiger partial charge in [-0.25, -0.2) is 4.98 Å². The lowest BCUT2D eigenvalue weighted by atomic mass is 10.0. The monoisotopic (exact) mass is 485 g/mol. The van der Waals surface area contributed by atoms with Crippen molar-refractivity contribution in [2.45, 2.75) is 32.0 Å². The van der Waals surface area contributed by atoms with Crippen LogP contribution in [0.4, 0.5) is 11.6 Å². The number of likely N-dealkylation sites (tertiary alicyclic amines) is 1. The molecule has 0 unspecified atom stereocenters.